The predicted octanol–water partition coefficient (Wildman–Crippen LogP) is 1.16. The van der Waals surface area contributed by atoms with Crippen LogP contribution in [-0.4, -0.2) is 89.7 Å². The molecule has 0 spiro atoms. The van der Waals surface area contributed by atoms with Crippen LogP contribution in [0.5, 0.6) is 0 Å². The summed E-state index contributed by atoms with van der Waals surface area (Å²) in [5.41, 5.74) is -0.847. The van der Waals surface area contributed by atoms with Crippen LogP contribution in [0.25, 0.3) is 0 Å². The highest BCUT2D eigenvalue weighted by molar-refractivity contribution is 8.14. The van der Waals surface area contributed by atoms with Crippen LogP contribution in [0.3, 0.4) is 0 Å². The molecule has 2 N–H and O–H groups in total. The highest BCUT2D eigenvalue weighted by atomic mass is 32.2. The third-order valence-corrected chi connectivity index (χ3v) is 5.22. The first-order valence-electron chi connectivity index (χ1n) is 7.84. The second-order valence-corrected chi connectivity index (χ2v) is 7.16. The second kappa shape index (κ2) is 8.38. The van der Waals surface area contributed by atoms with E-state index in [0.29, 0.717) is 5.17 Å². The fraction of sp³-hybridized carbons (Fsp3) is 0.929. The van der Waals surface area contributed by atoms with Crippen LogP contribution in [0.15, 0.2) is 4.99 Å². The molecule has 1 fully saturated rings. The maximum Gasteiger partial charge on any atom is 0.417 e. The van der Waals surface area contributed by atoms with Crippen LogP contribution in [0.4, 0.5) is 17.6 Å². The zero-order valence-electron chi connectivity index (χ0n) is 13.8. The number of aliphatic imine (C=N–C) groups is 1. The van der Waals surface area contributed by atoms with Crippen molar-refractivity contribution in [3.8, 4) is 0 Å². The largest absolute Gasteiger partial charge is 0.417 e. The monoisotopic (exact) mass is 390 g/mol. The minimum Gasteiger partial charge on any atom is -0.388 e. The van der Waals surface area contributed by atoms with E-state index in [1.165, 1.54) is 0 Å². The first kappa shape index (κ1) is 20.7. The van der Waals surface area contributed by atoms with E-state index in [0.717, 1.165) is 11.8 Å². The van der Waals surface area contributed by atoms with Crippen molar-refractivity contribution in [2.75, 3.05) is 27.4 Å². The quantitative estimate of drug-likeness (QED) is 0.524. The number of alkyl halides is 4. The molecule has 0 aromatic heterocycles. The molecule has 2 rings (SSSR count). The van der Waals surface area contributed by atoms with Crippen LogP contribution >= 0.6 is 11.8 Å². The third kappa shape index (κ3) is 4.76. The number of aliphatic hydroxyl groups excluding tert-OH is 2. The normalized spacial score (nSPS) is 33.8. The molecule has 2 aliphatic rings. The molecule has 0 aliphatic carbocycles. The van der Waals surface area contributed by atoms with Gasteiger partial charge in [0.2, 0.25) is 0 Å². The minimum atomic E-state index is -4.80. The molecule has 11 heteroatoms. The van der Waals surface area contributed by atoms with Gasteiger partial charge in [-0.05, 0) is 12.8 Å². The maximum atomic E-state index is 13.3. The van der Waals surface area contributed by atoms with Gasteiger partial charge in [0, 0.05) is 20.7 Å². The van der Waals surface area contributed by atoms with E-state index in [4.69, 9.17) is 9.47 Å². The zero-order chi connectivity index (χ0) is 18.8. The van der Waals surface area contributed by atoms with E-state index in [1.54, 1.807) is 19.0 Å². The van der Waals surface area contributed by atoms with Crippen molar-refractivity contribution in [2.45, 2.75) is 54.9 Å². The number of thioether (sulfide) groups is 1. The van der Waals surface area contributed by atoms with Crippen LogP contribution in [0.1, 0.15) is 12.8 Å². The highest BCUT2D eigenvalue weighted by Crippen LogP contribution is 2.40. The molecule has 1 saturated heterocycles. The molecule has 25 heavy (non-hydrogen) atoms. The lowest BCUT2D eigenvalue weighted by Crippen LogP contribution is -2.61. The van der Waals surface area contributed by atoms with Gasteiger partial charge in [0.25, 0.3) is 0 Å². The Morgan fingerprint density at radius 1 is 1.28 bits per heavy atom. The van der Waals surface area contributed by atoms with E-state index >= 15 is 0 Å². The SMILES string of the molecule is CN(C)C1=N[C@@H]2[C@@H](O)[C@H](O)[C@@H]([C@@H](OCCCCF)C(F)(F)F)O[C@@H]2S1. The summed E-state index contributed by atoms with van der Waals surface area (Å²) in [7, 11) is 3.41. The molecular formula is C14H22F4N2O4S. The van der Waals surface area contributed by atoms with Gasteiger partial charge >= 0.3 is 6.18 Å². The van der Waals surface area contributed by atoms with Crippen LogP contribution in [0.2, 0.25) is 0 Å². The molecule has 0 amide bonds. The minimum absolute atomic E-state index is 0.0852. The van der Waals surface area contributed by atoms with E-state index in [1.807, 2.05) is 0 Å². The summed E-state index contributed by atoms with van der Waals surface area (Å²) in [6, 6.07) is -0.853. The Morgan fingerprint density at radius 3 is 2.52 bits per heavy atom. The molecule has 6 nitrogen and oxygen atoms in total. The van der Waals surface area contributed by atoms with Gasteiger partial charge in [0.05, 0.1) is 6.67 Å². The Morgan fingerprint density at radius 2 is 1.96 bits per heavy atom. The van der Waals surface area contributed by atoms with Gasteiger partial charge in [-0.15, -0.1) is 0 Å². The number of fused-ring (bicyclic) bond motifs is 1. The van der Waals surface area contributed by atoms with E-state index in [-0.39, 0.29) is 19.4 Å². The molecule has 6 atom stereocenters. The molecule has 2 aliphatic heterocycles. The summed E-state index contributed by atoms with van der Waals surface area (Å²) in [4.78, 5) is 5.84. The van der Waals surface area contributed by atoms with Crippen molar-refractivity contribution in [3.05, 3.63) is 0 Å². The highest BCUT2D eigenvalue weighted by Gasteiger charge is 2.57. The van der Waals surface area contributed by atoms with E-state index in [2.05, 4.69) is 4.99 Å². The number of nitrogens with zero attached hydrogens (tertiary/aromatic N) is 2. The standard InChI is InChI=1S/C14H22F4N2O4S/c1-20(2)13-19-7-8(21)9(22)10(24-12(7)25-13)11(14(16,17)18)23-6-4-3-5-15/h7-12,21-22H,3-6H2,1-2H3/t7-,8-,9+,10+,11-,12-/m1/s1. The van der Waals surface area contributed by atoms with Gasteiger partial charge in [0.15, 0.2) is 11.3 Å². The Kier molecular flexibility index (Phi) is 6.94. The van der Waals surface area contributed by atoms with Crippen LogP contribution < -0.4 is 0 Å². The number of unbranched alkanes of at least 4 members (excludes halogenated alkanes) is 1. The summed E-state index contributed by atoms with van der Waals surface area (Å²) in [6.45, 7) is -0.968. The molecule has 2 heterocycles. The molecule has 146 valence electrons. The van der Waals surface area contributed by atoms with Crippen molar-refractivity contribution in [1.82, 2.24) is 4.90 Å². The molecule has 0 aromatic rings. The summed E-state index contributed by atoms with van der Waals surface area (Å²) in [6.07, 6.45) is -12.1. The summed E-state index contributed by atoms with van der Waals surface area (Å²) in [5.74, 6) is 0. The number of amidine groups is 1. The number of ether oxygens (including phenoxy) is 2. The Balaban J connectivity index is 2.11. The average Bonchev–Trinajstić information content (AvgIpc) is 2.95. The molecule has 0 radical (unpaired) electrons. The fourth-order valence-electron chi connectivity index (χ4n) is 2.62. The number of aliphatic hydroxyl groups is 2. The first-order chi connectivity index (χ1) is 11.7. The Bertz CT molecular complexity index is 480. The van der Waals surface area contributed by atoms with Crippen LogP contribution in [-0.2, 0) is 9.47 Å². The van der Waals surface area contributed by atoms with Crippen LogP contribution in [0, 0.1) is 0 Å². The van der Waals surface area contributed by atoms with Crippen molar-refractivity contribution >= 4 is 16.9 Å². The molecular weight excluding hydrogens is 368 g/mol. The smallest absolute Gasteiger partial charge is 0.388 e. The lowest BCUT2D eigenvalue weighted by Gasteiger charge is -2.41. The van der Waals surface area contributed by atoms with Crippen molar-refractivity contribution < 1.29 is 37.2 Å². The Labute approximate surface area is 147 Å². The van der Waals surface area contributed by atoms with Gasteiger partial charge in [-0.2, -0.15) is 13.2 Å². The van der Waals surface area contributed by atoms with E-state index in [9.17, 15) is 27.8 Å². The molecule has 0 unspecified atom stereocenters. The number of hydrogen-bond acceptors (Lipinski definition) is 7. The summed E-state index contributed by atoms with van der Waals surface area (Å²) in [5, 5.41) is 20.8. The van der Waals surface area contributed by atoms with Gasteiger partial charge in [-0.1, -0.05) is 11.8 Å². The van der Waals surface area contributed by atoms with Gasteiger partial charge in [0.1, 0.15) is 29.8 Å². The maximum absolute atomic E-state index is 13.3. The second-order valence-electron chi connectivity index (χ2n) is 6.09. The predicted molar refractivity (Wildman–Crippen MR) is 84.2 cm³/mol. The van der Waals surface area contributed by atoms with Crippen molar-refractivity contribution in [2.24, 2.45) is 4.99 Å². The first-order valence-corrected chi connectivity index (χ1v) is 8.72. The zero-order valence-corrected chi connectivity index (χ0v) is 14.6. The van der Waals surface area contributed by atoms with Gasteiger partial charge in [-0.25, -0.2) is 0 Å². The van der Waals surface area contributed by atoms with Gasteiger partial charge < -0.3 is 24.6 Å². The molecule has 0 aromatic carbocycles. The molecule has 0 bridgehead atoms. The lowest BCUT2D eigenvalue weighted by molar-refractivity contribution is -0.284. The number of rotatable bonds is 6. The summed E-state index contributed by atoms with van der Waals surface area (Å²) < 4.78 is 62.4. The topological polar surface area (TPSA) is 74.5 Å². The van der Waals surface area contributed by atoms with Crippen molar-refractivity contribution in [3.63, 3.8) is 0 Å². The average molecular weight is 390 g/mol. The molecule has 0 saturated carbocycles. The van der Waals surface area contributed by atoms with Gasteiger partial charge in [-0.3, -0.25) is 9.38 Å². The third-order valence-electron chi connectivity index (χ3n) is 3.92. The van der Waals surface area contributed by atoms with E-state index < -0.39 is 48.7 Å². The number of halogens is 4. The lowest BCUT2D eigenvalue weighted by atomic mass is 9.94. The Hall–Kier alpha value is -0.620. The summed E-state index contributed by atoms with van der Waals surface area (Å²) >= 11 is 1.08. The number of hydrogen-bond donors (Lipinski definition) is 2. The van der Waals surface area contributed by atoms with Crippen molar-refractivity contribution in [1.29, 1.82) is 0 Å². The fourth-order valence-corrected chi connectivity index (χ4v) is 3.77.